The Labute approximate surface area is 104 Å². The molecule has 1 saturated heterocycles. The van der Waals surface area contributed by atoms with E-state index in [2.05, 4.69) is 5.32 Å². The smallest absolute Gasteiger partial charge is 0.361 e. The van der Waals surface area contributed by atoms with Crippen LogP contribution >= 0.6 is 0 Å². The highest BCUT2D eigenvalue weighted by molar-refractivity contribution is 5.30. The Morgan fingerprint density at radius 2 is 2.00 bits per heavy atom. The largest absolute Gasteiger partial charge is 0.416 e. The zero-order valence-corrected chi connectivity index (χ0v) is 10.3. The monoisotopic (exact) mass is 259 g/mol. The van der Waals surface area contributed by atoms with Gasteiger partial charge < -0.3 is 4.74 Å². The summed E-state index contributed by atoms with van der Waals surface area (Å²) in [6, 6.07) is 5.62. The number of rotatable bonds is 2. The van der Waals surface area contributed by atoms with E-state index >= 15 is 0 Å². The van der Waals surface area contributed by atoms with Crippen LogP contribution in [0.2, 0.25) is 0 Å². The lowest BCUT2D eigenvalue weighted by atomic mass is 10.0. The van der Waals surface area contributed by atoms with Crippen LogP contribution in [-0.2, 0) is 17.3 Å². The SMILES string of the molecule is CC1(C)COC(Cc2ccccc2C(F)(F)F)N1. The van der Waals surface area contributed by atoms with Crippen molar-refractivity contribution in [2.45, 2.75) is 38.2 Å². The van der Waals surface area contributed by atoms with E-state index < -0.39 is 11.7 Å². The minimum Gasteiger partial charge on any atom is -0.361 e. The Hall–Kier alpha value is -1.07. The summed E-state index contributed by atoms with van der Waals surface area (Å²) in [5.74, 6) is 0. The minimum absolute atomic E-state index is 0.183. The summed E-state index contributed by atoms with van der Waals surface area (Å²) in [5.41, 5.74) is -0.502. The van der Waals surface area contributed by atoms with E-state index in [1.54, 1.807) is 6.07 Å². The molecule has 1 unspecified atom stereocenters. The van der Waals surface area contributed by atoms with Crippen LogP contribution in [0.4, 0.5) is 13.2 Å². The molecule has 0 aromatic heterocycles. The second-order valence-corrected chi connectivity index (χ2v) is 5.19. The van der Waals surface area contributed by atoms with Gasteiger partial charge in [-0.05, 0) is 25.5 Å². The van der Waals surface area contributed by atoms with Crippen molar-refractivity contribution in [3.8, 4) is 0 Å². The van der Waals surface area contributed by atoms with Gasteiger partial charge in [0, 0.05) is 12.0 Å². The van der Waals surface area contributed by atoms with Crippen molar-refractivity contribution in [2.24, 2.45) is 0 Å². The van der Waals surface area contributed by atoms with E-state index in [4.69, 9.17) is 4.74 Å². The maximum Gasteiger partial charge on any atom is 0.416 e. The van der Waals surface area contributed by atoms with Crippen molar-refractivity contribution in [2.75, 3.05) is 6.61 Å². The molecule has 1 aliphatic heterocycles. The van der Waals surface area contributed by atoms with Gasteiger partial charge in [-0.25, -0.2) is 0 Å². The molecule has 1 N–H and O–H groups in total. The lowest BCUT2D eigenvalue weighted by Crippen LogP contribution is -2.39. The summed E-state index contributed by atoms with van der Waals surface area (Å²) >= 11 is 0. The van der Waals surface area contributed by atoms with Crippen molar-refractivity contribution in [3.63, 3.8) is 0 Å². The lowest BCUT2D eigenvalue weighted by molar-refractivity contribution is -0.138. The lowest BCUT2D eigenvalue weighted by Gasteiger charge is -2.18. The zero-order chi connectivity index (χ0) is 13.4. The number of halogens is 3. The highest BCUT2D eigenvalue weighted by Gasteiger charge is 2.35. The average Bonchev–Trinajstić information content (AvgIpc) is 2.57. The predicted molar refractivity (Wildman–Crippen MR) is 62.1 cm³/mol. The summed E-state index contributed by atoms with van der Waals surface area (Å²) < 4.78 is 43.9. The number of hydrogen-bond acceptors (Lipinski definition) is 2. The molecule has 0 bridgehead atoms. The van der Waals surface area contributed by atoms with Gasteiger partial charge in [0.25, 0.3) is 0 Å². The molecule has 0 aliphatic carbocycles. The van der Waals surface area contributed by atoms with Gasteiger partial charge in [0.05, 0.1) is 12.2 Å². The number of benzene rings is 1. The summed E-state index contributed by atoms with van der Waals surface area (Å²) in [5, 5.41) is 3.17. The summed E-state index contributed by atoms with van der Waals surface area (Å²) in [7, 11) is 0. The second kappa shape index (κ2) is 4.55. The molecule has 100 valence electrons. The molecule has 18 heavy (non-hydrogen) atoms. The summed E-state index contributed by atoms with van der Waals surface area (Å²) in [6.45, 7) is 4.43. The Morgan fingerprint density at radius 3 is 2.56 bits per heavy atom. The summed E-state index contributed by atoms with van der Waals surface area (Å²) in [4.78, 5) is 0. The number of ether oxygens (including phenoxy) is 1. The first-order valence-corrected chi connectivity index (χ1v) is 5.82. The number of alkyl halides is 3. The van der Waals surface area contributed by atoms with Crippen LogP contribution in [-0.4, -0.2) is 18.4 Å². The van der Waals surface area contributed by atoms with Crippen LogP contribution in [0, 0.1) is 0 Å². The second-order valence-electron chi connectivity index (χ2n) is 5.19. The topological polar surface area (TPSA) is 21.3 Å². The molecule has 1 atom stereocenters. The van der Waals surface area contributed by atoms with Crippen LogP contribution in [0.5, 0.6) is 0 Å². The van der Waals surface area contributed by atoms with Crippen LogP contribution < -0.4 is 5.32 Å². The van der Waals surface area contributed by atoms with Crippen molar-refractivity contribution < 1.29 is 17.9 Å². The van der Waals surface area contributed by atoms with Gasteiger partial charge in [0.2, 0.25) is 0 Å². The fraction of sp³-hybridized carbons (Fsp3) is 0.538. The van der Waals surface area contributed by atoms with Crippen molar-refractivity contribution in [3.05, 3.63) is 35.4 Å². The maximum absolute atomic E-state index is 12.8. The van der Waals surface area contributed by atoms with Gasteiger partial charge in [-0.1, -0.05) is 18.2 Å². The van der Waals surface area contributed by atoms with Crippen molar-refractivity contribution >= 4 is 0 Å². The highest BCUT2D eigenvalue weighted by Crippen LogP contribution is 2.32. The third-order valence-corrected chi connectivity index (χ3v) is 2.93. The van der Waals surface area contributed by atoms with Crippen LogP contribution in [0.15, 0.2) is 24.3 Å². The van der Waals surface area contributed by atoms with E-state index in [0.717, 1.165) is 6.07 Å². The van der Waals surface area contributed by atoms with E-state index in [1.807, 2.05) is 13.8 Å². The van der Waals surface area contributed by atoms with Crippen LogP contribution in [0.3, 0.4) is 0 Å². The number of hydrogen-bond donors (Lipinski definition) is 1. The van der Waals surface area contributed by atoms with Gasteiger partial charge in [-0.15, -0.1) is 0 Å². The van der Waals surface area contributed by atoms with Gasteiger partial charge in [0.1, 0.15) is 6.23 Å². The Balaban J connectivity index is 2.15. The Kier molecular flexibility index (Phi) is 3.38. The summed E-state index contributed by atoms with van der Waals surface area (Å²) in [6.07, 6.45) is -4.45. The molecule has 1 aromatic rings. The molecule has 0 radical (unpaired) electrons. The zero-order valence-electron chi connectivity index (χ0n) is 10.3. The fourth-order valence-corrected chi connectivity index (χ4v) is 2.11. The molecule has 0 spiro atoms. The molecule has 1 aliphatic rings. The van der Waals surface area contributed by atoms with Crippen molar-refractivity contribution in [1.82, 2.24) is 5.32 Å². The molecule has 2 rings (SSSR count). The molecule has 0 amide bonds. The van der Waals surface area contributed by atoms with Gasteiger partial charge >= 0.3 is 6.18 Å². The minimum atomic E-state index is -4.31. The van der Waals surface area contributed by atoms with E-state index in [-0.39, 0.29) is 23.8 Å². The first kappa shape index (κ1) is 13.4. The van der Waals surface area contributed by atoms with Gasteiger partial charge in [-0.3, -0.25) is 5.32 Å². The van der Waals surface area contributed by atoms with E-state index in [9.17, 15) is 13.2 Å². The first-order valence-electron chi connectivity index (χ1n) is 5.82. The Morgan fingerprint density at radius 1 is 1.33 bits per heavy atom. The molecule has 1 aromatic carbocycles. The van der Waals surface area contributed by atoms with E-state index in [1.165, 1.54) is 12.1 Å². The Bertz CT molecular complexity index is 428. The van der Waals surface area contributed by atoms with E-state index in [0.29, 0.717) is 6.61 Å². The highest BCUT2D eigenvalue weighted by atomic mass is 19.4. The third kappa shape index (κ3) is 3.03. The molecule has 5 heteroatoms. The maximum atomic E-state index is 12.8. The normalized spacial score (nSPS) is 23.3. The van der Waals surface area contributed by atoms with Gasteiger partial charge in [0.15, 0.2) is 0 Å². The standard InChI is InChI=1S/C13H16F3NO/c1-12(2)8-18-11(17-12)7-9-5-3-4-6-10(9)13(14,15)16/h3-6,11,17H,7-8H2,1-2H3. The van der Waals surface area contributed by atoms with Crippen molar-refractivity contribution in [1.29, 1.82) is 0 Å². The quantitative estimate of drug-likeness (QED) is 0.881. The van der Waals surface area contributed by atoms with Crippen LogP contribution in [0.25, 0.3) is 0 Å². The van der Waals surface area contributed by atoms with Crippen LogP contribution in [0.1, 0.15) is 25.0 Å². The fourth-order valence-electron chi connectivity index (χ4n) is 2.11. The number of nitrogens with one attached hydrogen (secondary N) is 1. The third-order valence-electron chi connectivity index (χ3n) is 2.93. The molecule has 2 nitrogen and oxygen atoms in total. The molecular formula is C13H16F3NO. The average molecular weight is 259 g/mol. The first-order chi connectivity index (χ1) is 8.28. The predicted octanol–water partition coefficient (Wildman–Crippen LogP) is 2.97. The molecule has 1 heterocycles. The molecular weight excluding hydrogens is 243 g/mol. The van der Waals surface area contributed by atoms with Gasteiger partial charge in [-0.2, -0.15) is 13.2 Å². The molecule has 1 fully saturated rings. The molecule has 0 saturated carbocycles.